The number of hydrogen-bond donors (Lipinski definition) is 2. The minimum absolute atomic E-state index is 0.0150. The predicted molar refractivity (Wildman–Crippen MR) is 109 cm³/mol. The smallest absolute Gasteiger partial charge is 0.293 e. The maximum atomic E-state index is 14.2. The molecular weight excluding hydrogens is 424 g/mol. The van der Waals surface area contributed by atoms with Gasteiger partial charge < -0.3 is 18.8 Å². The van der Waals surface area contributed by atoms with Crippen LogP contribution in [-0.4, -0.2) is 45.8 Å². The summed E-state index contributed by atoms with van der Waals surface area (Å²) in [6.45, 7) is 4.70. The molecule has 1 fully saturated rings. The molecule has 1 unspecified atom stereocenters. The molecule has 10 heteroatoms. The highest BCUT2D eigenvalue weighted by molar-refractivity contribution is 5.96. The molecule has 0 bridgehead atoms. The first kappa shape index (κ1) is 22.3. The Morgan fingerprint density at radius 3 is 2.84 bits per heavy atom. The van der Waals surface area contributed by atoms with Gasteiger partial charge in [0.25, 0.3) is 5.91 Å². The SMILES string of the molecule is CC1(C)OCC(COCc2cn(Cc3ccc(F)cc3F)c3cnc(C(=O)NO)cc23)O1. The van der Waals surface area contributed by atoms with E-state index in [9.17, 15) is 13.6 Å². The predicted octanol–water partition coefficient (Wildman–Crippen LogP) is 3.15. The van der Waals surface area contributed by atoms with Gasteiger partial charge in [-0.25, -0.2) is 19.2 Å². The van der Waals surface area contributed by atoms with Gasteiger partial charge >= 0.3 is 0 Å². The van der Waals surface area contributed by atoms with Crippen LogP contribution in [-0.2, 0) is 27.4 Å². The van der Waals surface area contributed by atoms with E-state index in [-0.39, 0.29) is 24.9 Å². The third-order valence-electron chi connectivity index (χ3n) is 5.17. The van der Waals surface area contributed by atoms with Crippen molar-refractivity contribution in [2.75, 3.05) is 13.2 Å². The van der Waals surface area contributed by atoms with E-state index in [1.807, 2.05) is 13.8 Å². The molecule has 1 aliphatic rings. The van der Waals surface area contributed by atoms with E-state index >= 15 is 0 Å². The topological polar surface area (TPSA) is 94.8 Å². The highest BCUT2D eigenvalue weighted by Gasteiger charge is 2.32. The maximum absolute atomic E-state index is 14.2. The molecule has 0 aliphatic carbocycles. The van der Waals surface area contributed by atoms with Gasteiger partial charge in [-0.1, -0.05) is 6.07 Å². The number of pyridine rings is 1. The normalized spacial score (nSPS) is 17.7. The molecule has 1 aliphatic heterocycles. The highest BCUT2D eigenvalue weighted by Crippen LogP contribution is 2.26. The number of carbonyl (C=O) groups excluding carboxylic acids is 1. The number of carbonyl (C=O) groups is 1. The molecule has 1 saturated heterocycles. The number of nitrogens with zero attached hydrogens (tertiary/aromatic N) is 2. The van der Waals surface area contributed by atoms with Crippen molar-refractivity contribution in [2.45, 2.75) is 38.9 Å². The van der Waals surface area contributed by atoms with Gasteiger partial charge in [0.2, 0.25) is 0 Å². The number of rotatable bonds is 7. The summed E-state index contributed by atoms with van der Waals surface area (Å²) in [5, 5.41) is 9.58. The van der Waals surface area contributed by atoms with E-state index < -0.39 is 23.3 Å². The number of hydrogen-bond acceptors (Lipinski definition) is 6. The third-order valence-corrected chi connectivity index (χ3v) is 5.17. The molecule has 32 heavy (non-hydrogen) atoms. The van der Waals surface area contributed by atoms with Gasteiger partial charge in [0.05, 0.1) is 38.1 Å². The lowest BCUT2D eigenvalue weighted by Gasteiger charge is -2.17. The van der Waals surface area contributed by atoms with Gasteiger partial charge in [0.15, 0.2) is 5.79 Å². The maximum Gasteiger partial charge on any atom is 0.293 e. The van der Waals surface area contributed by atoms with Crippen molar-refractivity contribution in [1.82, 2.24) is 15.0 Å². The van der Waals surface area contributed by atoms with Crippen LogP contribution >= 0.6 is 0 Å². The standard InChI is InChI=1S/C22H23F2N3O5/c1-22(2)31-12-16(32-22)11-30-10-14-9-27(8-13-3-4-15(23)5-18(13)24)20-7-25-19(6-17(14)20)21(28)26-29/h3-7,9,16,29H,8,10-12H2,1-2H3,(H,26,28). The summed E-state index contributed by atoms with van der Waals surface area (Å²) < 4.78 is 46.3. The van der Waals surface area contributed by atoms with E-state index in [0.29, 0.717) is 29.7 Å². The van der Waals surface area contributed by atoms with Crippen molar-refractivity contribution in [3.05, 3.63) is 65.1 Å². The Kier molecular flexibility index (Phi) is 6.20. The molecule has 0 radical (unpaired) electrons. The van der Waals surface area contributed by atoms with Crippen LogP contribution in [0.3, 0.4) is 0 Å². The van der Waals surface area contributed by atoms with E-state index in [1.54, 1.807) is 16.2 Å². The van der Waals surface area contributed by atoms with Gasteiger partial charge in [0.1, 0.15) is 23.4 Å². The average molecular weight is 447 g/mol. The Hall–Kier alpha value is -2.92. The van der Waals surface area contributed by atoms with Crippen LogP contribution in [0.2, 0.25) is 0 Å². The molecule has 2 aromatic heterocycles. The highest BCUT2D eigenvalue weighted by atomic mass is 19.1. The second kappa shape index (κ2) is 8.91. The first-order chi connectivity index (χ1) is 15.3. The zero-order chi connectivity index (χ0) is 22.9. The van der Waals surface area contributed by atoms with Gasteiger partial charge in [-0.15, -0.1) is 0 Å². The molecule has 1 amide bonds. The van der Waals surface area contributed by atoms with Crippen molar-refractivity contribution in [2.24, 2.45) is 0 Å². The molecule has 170 valence electrons. The van der Waals surface area contributed by atoms with Crippen molar-refractivity contribution in [3.63, 3.8) is 0 Å². The number of benzene rings is 1. The van der Waals surface area contributed by atoms with Crippen LogP contribution in [0.4, 0.5) is 8.78 Å². The van der Waals surface area contributed by atoms with Crippen LogP contribution in [0, 0.1) is 11.6 Å². The summed E-state index contributed by atoms with van der Waals surface area (Å²) in [5.74, 6) is -2.72. The number of ether oxygens (including phenoxy) is 3. The van der Waals surface area contributed by atoms with Gasteiger partial charge in [0, 0.05) is 28.8 Å². The molecule has 1 atom stereocenters. The zero-order valence-corrected chi connectivity index (χ0v) is 17.6. The Balaban J connectivity index is 1.60. The van der Waals surface area contributed by atoms with Crippen molar-refractivity contribution in [1.29, 1.82) is 0 Å². The molecular formula is C22H23F2N3O5. The van der Waals surface area contributed by atoms with Crippen LogP contribution in [0.15, 0.2) is 36.7 Å². The molecule has 8 nitrogen and oxygen atoms in total. The number of hydroxylamine groups is 1. The lowest BCUT2D eigenvalue weighted by atomic mass is 10.2. The summed E-state index contributed by atoms with van der Waals surface area (Å²) in [7, 11) is 0. The van der Waals surface area contributed by atoms with Crippen LogP contribution in [0.25, 0.3) is 10.9 Å². The fraction of sp³-hybridized carbons (Fsp3) is 0.364. The number of halogens is 2. The first-order valence-electron chi connectivity index (χ1n) is 10.0. The fourth-order valence-electron chi connectivity index (χ4n) is 3.67. The van der Waals surface area contributed by atoms with Crippen LogP contribution < -0.4 is 5.48 Å². The Morgan fingerprint density at radius 1 is 1.34 bits per heavy atom. The summed E-state index contributed by atoms with van der Waals surface area (Å²) in [6.07, 6.45) is 3.02. The molecule has 2 N–H and O–H groups in total. The number of amides is 1. The monoisotopic (exact) mass is 447 g/mol. The van der Waals surface area contributed by atoms with E-state index in [4.69, 9.17) is 19.4 Å². The molecule has 0 saturated carbocycles. The molecule has 4 rings (SSSR count). The summed E-state index contributed by atoms with van der Waals surface area (Å²) in [5.41, 5.74) is 3.23. The third kappa shape index (κ3) is 4.78. The zero-order valence-electron chi connectivity index (χ0n) is 17.6. The number of aromatic nitrogens is 2. The van der Waals surface area contributed by atoms with Gasteiger partial charge in [-0.05, 0) is 26.0 Å². The Labute approximate surface area is 182 Å². The minimum Gasteiger partial charge on any atom is -0.374 e. The van der Waals surface area contributed by atoms with Crippen molar-refractivity contribution in [3.8, 4) is 0 Å². The molecule has 3 aromatic rings. The van der Waals surface area contributed by atoms with E-state index in [1.165, 1.54) is 24.4 Å². The molecule has 1 aromatic carbocycles. The fourth-order valence-corrected chi connectivity index (χ4v) is 3.67. The number of nitrogens with one attached hydrogen (secondary N) is 1. The average Bonchev–Trinajstić information content (AvgIpc) is 3.28. The second-order valence-electron chi connectivity index (χ2n) is 8.01. The van der Waals surface area contributed by atoms with Crippen molar-refractivity contribution < 1.29 is 33.0 Å². The summed E-state index contributed by atoms with van der Waals surface area (Å²) >= 11 is 0. The van der Waals surface area contributed by atoms with Crippen LogP contribution in [0.1, 0.15) is 35.5 Å². The Bertz CT molecular complexity index is 1150. The lowest BCUT2D eigenvalue weighted by Crippen LogP contribution is -2.24. The van der Waals surface area contributed by atoms with Crippen molar-refractivity contribution >= 4 is 16.8 Å². The largest absolute Gasteiger partial charge is 0.374 e. The van der Waals surface area contributed by atoms with E-state index in [2.05, 4.69) is 4.98 Å². The molecule has 3 heterocycles. The quantitative estimate of drug-likeness (QED) is 0.427. The lowest BCUT2D eigenvalue weighted by molar-refractivity contribution is -0.145. The first-order valence-corrected chi connectivity index (χ1v) is 10.0. The number of fused-ring (bicyclic) bond motifs is 1. The van der Waals surface area contributed by atoms with E-state index in [0.717, 1.165) is 11.6 Å². The van der Waals surface area contributed by atoms with Gasteiger partial charge in [-0.2, -0.15) is 0 Å². The summed E-state index contributed by atoms with van der Waals surface area (Å²) in [4.78, 5) is 15.9. The second-order valence-corrected chi connectivity index (χ2v) is 8.01. The van der Waals surface area contributed by atoms with Crippen LogP contribution in [0.5, 0.6) is 0 Å². The molecule has 0 spiro atoms. The summed E-state index contributed by atoms with van der Waals surface area (Å²) in [6, 6.07) is 4.93. The van der Waals surface area contributed by atoms with Gasteiger partial charge in [-0.3, -0.25) is 10.0 Å². The minimum atomic E-state index is -0.755. The Morgan fingerprint density at radius 2 is 2.16 bits per heavy atom.